The SMILES string of the molecule is C=C(c1ccc([Se]C)cc1)c1cc(OC)c(OC)c(OC)c1. The van der Waals surface area contributed by atoms with E-state index >= 15 is 0 Å². The van der Waals surface area contributed by atoms with Gasteiger partial charge in [0.05, 0.1) is 0 Å². The number of rotatable bonds is 6. The third-order valence-electron chi connectivity index (χ3n) is 3.45. The topological polar surface area (TPSA) is 27.7 Å². The molecule has 0 aromatic heterocycles. The first kappa shape index (κ1) is 16.5. The van der Waals surface area contributed by atoms with E-state index in [1.54, 1.807) is 21.3 Å². The zero-order valence-electron chi connectivity index (χ0n) is 13.3. The molecule has 2 aromatic carbocycles. The van der Waals surface area contributed by atoms with Gasteiger partial charge in [-0.3, -0.25) is 0 Å². The van der Waals surface area contributed by atoms with Gasteiger partial charge in [-0.1, -0.05) is 0 Å². The minimum atomic E-state index is 0.506. The fourth-order valence-electron chi connectivity index (χ4n) is 2.21. The molecule has 0 unspecified atom stereocenters. The molecule has 0 saturated heterocycles. The third-order valence-corrected chi connectivity index (χ3v) is 5.01. The van der Waals surface area contributed by atoms with Crippen LogP contribution in [-0.2, 0) is 0 Å². The average molecular weight is 363 g/mol. The first-order valence-corrected chi connectivity index (χ1v) is 9.35. The molecule has 2 rings (SSSR count). The second-order valence-corrected chi connectivity index (χ2v) is 6.47. The van der Waals surface area contributed by atoms with Gasteiger partial charge in [-0.2, -0.15) is 0 Å². The van der Waals surface area contributed by atoms with Crippen molar-refractivity contribution in [3.63, 3.8) is 0 Å². The van der Waals surface area contributed by atoms with E-state index in [1.165, 1.54) is 4.46 Å². The Balaban J connectivity index is 2.44. The fraction of sp³-hybridized carbons (Fsp3) is 0.222. The van der Waals surface area contributed by atoms with Crippen LogP contribution < -0.4 is 18.7 Å². The van der Waals surface area contributed by atoms with Gasteiger partial charge in [0.15, 0.2) is 0 Å². The normalized spacial score (nSPS) is 10.2. The Bertz CT molecular complexity index is 638. The Hall–Kier alpha value is -1.90. The molecule has 22 heavy (non-hydrogen) atoms. The monoisotopic (exact) mass is 364 g/mol. The zero-order chi connectivity index (χ0) is 16.1. The molecule has 0 aliphatic heterocycles. The molecule has 0 bridgehead atoms. The summed E-state index contributed by atoms with van der Waals surface area (Å²) in [5, 5.41) is 0. The summed E-state index contributed by atoms with van der Waals surface area (Å²) < 4.78 is 17.5. The van der Waals surface area contributed by atoms with Crippen molar-refractivity contribution in [2.24, 2.45) is 0 Å². The predicted molar refractivity (Wildman–Crippen MR) is 91.9 cm³/mol. The van der Waals surface area contributed by atoms with Crippen LogP contribution in [0.15, 0.2) is 43.0 Å². The number of hydrogen-bond acceptors (Lipinski definition) is 3. The summed E-state index contributed by atoms with van der Waals surface area (Å²) in [6.45, 7) is 4.21. The van der Waals surface area contributed by atoms with Gasteiger partial charge in [-0.25, -0.2) is 0 Å². The van der Waals surface area contributed by atoms with Crippen molar-refractivity contribution in [2.75, 3.05) is 21.3 Å². The molecular formula is C18H20O3Se. The van der Waals surface area contributed by atoms with Crippen LogP contribution in [0.4, 0.5) is 0 Å². The molecule has 3 nitrogen and oxygen atoms in total. The van der Waals surface area contributed by atoms with Crippen LogP contribution in [0.25, 0.3) is 5.57 Å². The quantitative estimate of drug-likeness (QED) is 0.738. The standard InChI is InChI=1S/C18H20O3Se/c1-12(13-6-8-15(22-5)9-7-13)14-10-16(19-2)18(21-4)17(11-14)20-3/h6-11H,1H2,2-5H3. The maximum atomic E-state index is 5.40. The number of benzene rings is 2. The van der Waals surface area contributed by atoms with Gasteiger partial charge in [-0.15, -0.1) is 0 Å². The first-order chi connectivity index (χ1) is 10.6. The van der Waals surface area contributed by atoms with Crippen LogP contribution >= 0.6 is 0 Å². The van der Waals surface area contributed by atoms with E-state index in [2.05, 4.69) is 36.7 Å². The van der Waals surface area contributed by atoms with Crippen molar-refractivity contribution in [2.45, 2.75) is 5.82 Å². The van der Waals surface area contributed by atoms with Gasteiger partial charge in [0.2, 0.25) is 0 Å². The van der Waals surface area contributed by atoms with Crippen LogP contribution in [0.1, 0.15) is 11.1 Å². The van der Waals surface area contributed by atoms with Crippen LogP contribution in [-0.4, -0.2) is 36.3 Å². The number of hydrogen-bond donors (Lipinski definition) is 0. The van der Waals surface area contributed by atoms with Gasteiger partial charge >= 0.3 is 138 Å². The zero-order valence-corrected chi connectivity index (χ0v) is 15.0. The molecule has 0 spiro atoms. The summed E-state index contributed by atoms with van der Waals surface area (Å²) in [6.07, 6.45) is 0. The average Bonchev–Trinajstić information content (AvgIpc) is 2.59. The molecule has 0 aliphatic carbocycles. The molecular weight excluding hydrogens is 343 g/mol. The molecule has 0 amide bonds. The van der Waals surface area contributed by atoms with E-state index in [-0.39, 0.29) is 0 Å². The Morgan fingerprint density at radius 3 is 1.82 bits per heavy atom. The van der Waals surface area contributed by atoms with E-state index in [4.69, 9.17) is 14.2 Å². The second-order valence-electron chi connectivity index (χ2n) is 4.62. The molecule has 116 valence electrons. The molecule has 0 heterocycles. The van der Waals surface area contributed by atoms with Crippen LogP contribution in [0.2, 0.25) is 5.82 Å². The maximum absolute atomic E-state index is 5.40. The Morgan fingerprint density at radius 1 is 0.864 bits per heavy atom. The summed E-state index contributed by atoms with van der Waals surface area (Å²) in [6, 6.07) is 12.3. The molecule has 0 atom stereocenters. The molecule has 0 N–H and O–H groups in total. The van der Waals surface area contributed by atoms with E-state index in [1.807, 2.05) is 12.1 Å². The summed E-state index contributed by atoms with van der Waals surface area (Å²) in [4.78, 5) is 0. The summed E-state index contributed by atoms with van der Waals surface area (Å²) in [7, 11) is 4.82. The third kappa shape index (κ3) is 3.29. The Kier molecular flexibility index (Phi) is 5.53. The van der Waals surface area contributed by atoms with Gasteiger partial charge < -0.3 is 0 Å². The van der Waals surface area contributed by atoms with Crippen molar-refractivity contribution in [1.29, 1.82) is 0 Å². The van der Waals surface area contributed by atoms with E-state index in [0.29, 0.717) is 32.2 Å². The van der Waals surface area contributed by atoms with Crippen LogP contribution in [0, 0.1) is 0 Å². The van der Waals surface area contributed by atoms with Gasteiger partial charge in [0.1, 0.15) is 0 Å². The molecule has 0 saturated carbocycles. The molecule has 2 aromatic rings. The van der Waals surface area contributed by atoms with Crippen molar-refractivity contribution in [3.8, 4) is 17.2 Å². The first-order valence-electron chi connectivity index (χ1n) is 6.78. The van der Waals surface area contributed by atoms with E-state index < -0.39 is 0 Å². The van der Waals surface area contributed by atoms with Crippen molar-refractivity contribution < 1.29 is 14.2 Å². The molecule has 0 radical (unpaired) electrons. The Morgan fingerprint density at radius 2 is 1.41 bits per heavy atom. The van der Waals surface area contributed by atoms with Gasteiger partial charge in [0, 0.05) is 0 Å². The van der Waals surface area contributed by atoms with Crippen LogP contribution in [0.3, 0.4) is 0 Å². The Labute approximate surface area is 138 Å². The van der Waals surface area contributed by atoms with Gasteiger partial charge in [-0.05, 0) is 0 Å². The fourth-order valence-corrected chi connectivity index (χ4v) is 3.07. The summed E-state index contributed by atoms with van der Waals surface area (Å²) in [5.74, 6) is 4.05. The number of methoxy groups -OCH3 is 3. The summed E-state index contributed by atoms with van der Waals surface area (Å²) in [5.41, 5.74) is 2.96. The predicted octanol–water partition coefficient (Wildman–Crippen LogP) is 3.15. The van der Waals surface area contributed by atoms with Crippen molar-refractivity contribution in [1.82, 2.24) is 0 Å². The molecule has 0 aliphatic rings. The van der Waals surface area contributed by atoms with E-state index in [9.17, 15) is 0 Å². The van der Waals surface area contributed by atoms with Crippen molar-refractivity contribution >= 4 is 25.0 Å². The molecule has 0 fully saturated rings. The second kappa shape index (κ2) is 7.39. The van der Waals surface area contributed by atoms with Crippen LogP contribution in [0.5, 0.6) is 17.2 Å². The molecule has 4 heteroatoms. The summed E-state index contributed by atoms with van der Waals surface area (Å²) >= 11 is 0.506. The van der Waals surface area contributed by atoms with Crippen molar-refractivity contribution in [3.05, 3.63) is 54.1 Å². The number of ether oxygens (including phenoxy) is 3. The van der Waals surface area contributed by atoms with E-state index in [0.717, 1.165) is 16.7 Å². The minimum absolute atomic E-state index is 0.506. The van der Waals surface area contributed by atoms with Gasteiger partial charge in [0.25, 0.3) is 0 Å².